The number of carboxylic acid groups (broad SMARTS) is 1. The van der Waals surface area contributed by atoms with Crippen molar-refractivity contribution in [1.82, 2.24) is 10.6 Å². The van der Waals surface area contributed by atoms with E-state index < -0.39 is 11.5 Å². The fourth-order valence-electron chi connectivity index (χ4n) is 2.48. The van der Waals surface area contributed by atoms with Gasteiger partial charge in [0.05, 0.1) is 6.54 Å². The molecule has 2 aliphatic carbocycles. The van der Waals surface area contributed by atoms with E-state index in [1.165, 1.54) is 0 Å². The average molecular weight is 254 g/mol. The van der Waals surface area contributed by atoms with Crippen LogP contribution in [0.25, 0.3) is 0 Å². The van der Waals surface area contributed by atoms with E-state index in [4.69, 9.17) is 0 Å². The largest absolute Gasteiger partial charge is 0.480 e. The Morgan fingerprint density at radius 3 is 2.33 bits per heavy atom. The van der Waals surface area contributed by atoms with Gasteiger partial charge in [0.15, 0.2) is 0 Å². The molecule has 3 N–H and O–H groups in total. The molecule has 0 heterocycles. The second-order valence-electron chi connectivity index (χ2n) is 5.77. The lowest BCUT2D eigenvalue weighted by atomic mass is 9.77. The SMILES string of the molecule is CC1CCC(NC(=O)CNC2CC2)(C(=O)O)CC1. The standard InChI is InChI=1S/C13H22N2O3/c1-9-4-6-13(7-5-9,12(17)18)15-11(16)8-14-10-2-3-10/h9-10,14H,2-8H2,1H3,(H,15,16)(H,17,18). The summed E-state index contributed by atoms with van der Waals surface area (Å²) in [5.41, 5.74) is -1.03. The highest BCUT2D eigenvalue weighted by atomic mass is 16.4. The van der Waals surface area contributed by atoms with Crippen LogP contribution in [-0.4, -0.2) is 35.1 Å². The van der Waals surface area contributed by atoms with E-state index in [0.29, 0.717) is 24.8 Å². The van der Waals surface area contributed by atoms with Crippen LogP contribution in [0.4, 0.5) is 0 Å². The van der Waals surface area contributed by atoms with Gasteiger partial charge in [0.2, 0.25) is 5.91 Å². The van der Waals surface area contributed by atoms with Gasteiger partial charge in [-0.25, -0.2) is 4.79 Å². The maximum atomic E-state index is 11.8. The Morgan fingerprint density at radius 2 is 1.83 bits per heavy atom. The molecule has 0 aromatic rings. The lowest BCUT2D eigenvalue weighted by molar-refractivity contribution is -0.149. The number of aliphatic carboxylic acids is 1. The van der Waals surface area contributed by atoms with Crippen molar-refractivity contribution < 1.29 is 14.7 Å². The van der Waals surface area contributed by atoms with E-state index in [1.54, 1.807) is 0 Å². The number of hydrogen-bond acceptors (Lipinski definition) is 3. The molecule has 0 atom stereocenters. The van der Waals surface area contributed by atoms with Crippen LogP contribution in [0.3, 0.4) is 0 Å². The molecular formula is C13H22N2O3. The van der Waals surface area contributed by atoms with Gasteiger partial charge < -0.3 is 15.7 Å². The van der Waals surface area contributed by atoms with Crippen molar-refractivity contribution in [2.24, 2.45) is 5.92 Å². The summed E-state index contributed by atoms with van der Waals surface area (Å²) in [6.45, 7) is 2.36. The summed E-state index contributed by atoms with van der Waals surface area (Å²) in [4.78, 5) is 23.2. The average Bonchev–Trinajstić information content (AvgIpc) is 3.13. The van der Waals surface area contributed by atoms with Crippen molar-refractivity contribution in [2.75, 3.05) is 6.54 Å². The van der Waals surface area contributed by atoms with E-state index in [2.05, 4.69) is 17.6 Å². The number of carbonyl (C=O) groups is 2. The lowest BCUT2D eigenvalue weighted by Crippen LogP contribution is -2.57. The van der Waals surface area contributed by atoms with E-state index in [0.717, 1.165) is 25.7 Å². The van der Waals surface area contributed by atoms with Gasteiger partial charge in [-0.15, -0.1) is 0 Å². The highest BCUT2D eigenvalue weighted by molar-refractivity contribution is 5.88. The summed E-state index contributed by atoms with van der Waals surface area (Å²) < 4.78 is 0. The van der Waals surface area contributed by atoms with Gasteiger partial charge in [-0.05, 0) is 44.4 Å². The van der Waals surface area contributed by atoms with Gasteiger partial charge in [-0.1, -0.05) is 6.92 Å². The van der Waals surface area contributed by atoms with Crippen LogP contribution in [0.2, 0.25) is 0 Å². The van der Waals surface area contributed by atoms with E-state index in [1.807, 2.05) is 0 Å². The molecular weight excluding hydrogens is 232 g/mol. The maximum absolute atomic E-state index is 11.8. The van der Waals surface area contributed by atoms with Crippen LogP contribution < -0.4 is 10.6 Å². The Kier molecular flexibility index (Phi) is 3.90. The molecule has 5 heteroatoms. The Labute approximate surface area is 107 Å². The number of nitrogens with one attached hydrogen (secondary N) is 2. The van der Waals surface area contributed by atoms with Crippen molar-refractivity contribution in [1.29, 1.82) is 0 Å². The second kappa shape index (κ2) is 5.26. The first-order valence-corrected chi connectivity index (χ1v) is 6.80. The molecule has 0 unspecified atom stereocenters. The first-order valence-electron chi connectivity index (χ1n) is 6.80. The molecule has 0 aromatic carbocycles. The zero-order valence-corrected chi connectivity index (χ0v) is 10.9. The first kappa shape index (κ1) is 13.3. The zero-order valence-electron chi connectivity index (χ0n) is 10.9. The van der Waals surface area contributed by atoms with Gasteiger partial charge in [-0.2, -0.15) is 0 Å². The van der Waals surface area contributed by atoms with Gasteiger partial charge in [0.1, 0.15) is 5.54 Å². The summed E-state index contributed by atoms with van der Waals surface area (Å²) in [6, 6.07) is 0.461. The first-order chi connectivity index (χ1) is 8.52. The van der Waals surface area contributed by atoms with Crippen LogP contribution in [-0.2, 0) is 9.59 Å². The molecule has 0 aliphatic heterocycles. The predicted octanol–water partition coefficient (Wildman–Crippen LogP) is 0.888. The molecule has 102 valence electrons. The van der Waals surface area contributed by atoms with Gasteiger partial charge in [0.25, 0.3) is 0 Å². The molecule has 2 aliphatic rings. The zero-order chi connectivity index (χ0) is 13.2. The minimum absolute atomic E-state index is 0.196. The third-order valence-electron chi connectivity index (χ3n) is 4.04. The van der Waals surface area contributed by atoms with Crippen molar-refractivity contribution >= 4 is 11.9 Å². The highest BCUT2D eigenvalue weighted by Crippen LogP contribution is 2.32. The molecule has 1 amide bonds. The highest BCUT2D eigenvalue weighted by Gasteiger charge is 2.42. The Balaban J connectivity index is 1.88. The van der Waals surface area contributed by atoms with Gasteiger partial charge in [0, 0.05) is 6.04 Å². The molecule has 0 radical (unpaired) electrons. The van der Waals surface area contributed by atoms with Crippen LogP contribution in [0.15, 0.2) is 0 Å². The van der Waals surface area contributed by atoms with Gasteiger partial charge >= 0.3 is 5.97 Å². The number of amides is 1. The van der Waals surface area contributed by atoms with Crippen molar-refractivity contribution in [3.8, 4) is 0 Å². The number of rotatable bonds is 5. The Bertz CT molecular complexity index is 331. The molecule has 2 fully saturated rings. The molecule has 2 saturated carbocycles. The fraction of sp³-hybridized carbons (Fsp3) is 0.846. The second-order valence-corrected chi connectivity index (χ2v) is 5.77. The summed E-state index contributed by atoms with van der Waals surface area (Å²) >= 11 is 0. The number of hydrogen-bond donors (Lipinski definition) is 3. The summed E-state index contributed by atoms with van der Waals surface area (Å²) in [6.07, 6.45) is 5.05. The minimum Gasteiger partial charge on any atom is -0.480 e. The van der Waals surface area contributed by atoms with Crippen molar-refractivity contribution in [2.45, 2.75) is 57.0 Å². The molecule has 0 bridgehead atoms. The minimum atomic E-state index is -1.03. The normalized spacial score (nSPS) is 31.9. The molecule has 0 saturated heterocycles. The van der Waals surface area contributed by atoms with E-state index >= 15 is 0 Å². The summed E-state index contributed by atoms with van der Waals surface area (Å²) in [7, 11) is 0. The lowest BCUT2D eigenvalue weighted by Gasteiger charge is -2.36. The van der Waals surface area contributed by atoms with Gasteiger partial charge in [-0.3, -0.25) is 4.79 Å². The van der Waals surface area contributed by atoms with Crippen LogP contribution in [0, 0.1) is 5.92 Å². The topological polar surface area (TPSA) is 78.4 Å². The van der Waals surface area contributed by atoms with Crippen LogP contribution >= 0.6 is 0 Å². The number of carbonyl (C=O) groups excluding carboxylic acids is 1. The quantitative estimate of drug-likeness (QED) is 0.681. The maximum Gasteiger partial charge on any atom is 0.329 e. The van der Waals surface area contributed by atoms with E-state index in [9.17, 15) is 14.7 Å². The number of carboxylic acids is 1. The summed E-state index contributed by atoms with van der Waals surface area (Å²) in [5.74, 6) is -0.535. The van der Waals surface area contributed by atoms with Crippen molar-refractivity contribution in [3.63, 3.8) is 0 Å². The Hall–Kier alpha value is -1.10. The van der Waals surface area contributed by atoms with Crippen LogP contribution in [0.1, 0.15) is 45.4 Å². The van der Waals surface area contributed by atoms with Crippen molar-refractivity contribution in [3.05, 3.63) is 0 Å². The predicted molar refractivity (Wildman–Crippen MR) is 67.2 cm³/mol. The molecule has 5 nitrogen and oxygen atoms in total. The third kappa shape index (κ3) is 3.22. The third-order valence-corrected chi connectivity index (χ3v) is 4.04. The fourth-order valence-corrected chi connectivity index (χ4v) is 2.48. The monoisotopic (exact) mass is 254 g/mol. The molecule has 18 heavy (non-hydrogen) atoms. The molecule has 0 aromatic heterocycles. The van der Waals surface area contributed by atoms with E-state index in [-0.39, 0.29) is 12.5 Å². The Morgan fingerprint density at radius 1 is 1.22 bits per heavy atom. The smallest absolute Gasteiger partial charge is 0.329 e. The summed E-state index contributed by atoms with van der Waals surface area (Å²) in [5, 5.41) is 15.2. The van der Waals surface area contributed by atoms with Crippen LogP contribution in [0.5, 0.6) is 0 Å². The molecule has 0 spiro atoms. The molecule has 2 rings (SSSR count).